The fraction of sp³-hybridized carbons (Fsp3) is 0.211. The van der Waals surface area contributed by atoms with E-state index in [1.165, 1.54) is 48.5 Å². The molecule has 1 atom stereocenters. The van der Waals surface area contributed by atoms with E-state index in [9.17, 15) is 22.4 Å². The second-order valence-electron chi connectivity index (χ2n) is 5.89. The molecule has 2 N–H and O–H groups in total. The van der Waals surface area contributed by atoms with Crippen LogP contribution in [0, 0.1) is 5.82 Å². The van der Waals surface area contributed by atoms with Crippen LogP contribution in [0.5, 0.6) is 5.75 Å². The van der Waals surface area contributed by atoms with Gasteiger partial charge in [-0.2, -0.15) is 4.98 Å². The van der Waals surface area contributed by atoms with Crippen LogP contribution in [0.4, 0.5) is 17.6 Å². The molecule has 7 nitrogen and oxygen atoms in total. The van der Waals surface area contributed by atoms with Crippen molar-refractivity contribution in [3.05, 3.63) is 66.3 Å². The summed E-state index contributed by atoms with van der Waals surface area (Å²) in [5, 5.41) is 14.8. The Kier molecular flexibility index (Phi) is 7.87. The molecule has 3 rings (SSSR count). The van der Waals surface area contributed by atoms with Gasteiger partial charge in [0.05, 0.1) is 6.61 Å². The molecule has 0 aliphatic carbocycles. The summed E-state index contributed by atoms with van der Waals surface area (Å²) in [6.07, 6.45) is -3.55. The first kappa shape index (κ1) is 22.8. The highest BCUT2D eigenvalue weighted by Gasteiger charge is 2.31. The minimum Gasteiger partial charge on any atom is -0.406 e. The van der Waals surface area contributed by atoms with Crippen molar-refractivity contribution >= 4 is 5.91 Å². The molecule has 0 aliphatic heterocycles. The molecule has 30 heavy (non-hydrogen) atoms. The van der Waals surface area contributed by atoms with Crippen LogP contribution in [0.1, 0.15) is 17.3 Å². The highest BCUT2D eigenvalue weighted by Crippen LogP contribution is 2.24. The molecular weight excluding hydrogens is 410 g/mol. The average molecular weight is 427 g/mol. The van der Waals surface area contributed by atoms with E-state index in [0.717, 1.165) is 6.39 Å². The van der Waals surface area contributed by atoms with Gasteiger partial charge in [0.2, 0.25) is 12.2 Å². The summed E-state index contributed by atoms with van der Waals surface area (Å²) in [6.45, 7) is 1.56. The molecule has 0 aliphatic rings. The number of rotatable bonds is 5. The van der Waals surface area contributed by atoms with E-state index in [-0.39, 0.29) is 30.1 Å². The summed E-state index contributed by atoms with van der Waals surface area (Å²) in [6, 6.07) is 10.1. The first-order chi connectivity index (χ1) is 14.2. The number of aliphatic hydroxyl groups excluding tert-OH is 1. The standard InChI is InChI=1S/C10H12FNO2.C9H5F3N2O2/c1-7(6-13)12-10(14)8-2-4-9(11)5-3-8;10-9(11,12)16-7-3-1-6(2-4-7)8-13-5-15-14-8/h2-5,7,13H,6H2,1H3,(H,12,14);1-5H/t7-;/m1./s1. The summed E-state index contributed by atoms with van der Waals surface area (Å²) >= 11 is 0. The van der Waals surface area contributed by atoms with E-state index in [1.54, 1.807) is 6.92 Å². The molecule has 0 unspecified atom stereocenters. The van der Waals surface area contributed by atoms with Crippen molar-refractivity contribution in [3.8, 4) is 17.1 Å². The maximum Gasteiger partial charge on any atom is 0.573 e. The molecule has 1 aromatic heterocycles. The number of carbonyl (C=O) groups is 1. The van der Waals surface area contributed by atoms with Crippen LogP contribution >= 0.6 is 0 Å². The number of carbonyl (C=O) groups excluding carboxylic acids is 1. The van der Waals surface area contributed by atoms with Crippen molar-refractivity contribution < 1.29 is 36.7 Å². The molecule has 160 valence electrons. The second kappa shape index (κ2) is 10.3. The summed E-state index contributed by atoms with van der Waals surface area (Å²) in [5.41, 5.74) is 0.926. The lowest BCUT2D eigenvalue weighted by molar-refractivity contribution is -0.274. The minimum atomic E-state index is -4.69. The van der Waals surface area contributed by atoms with Crippen LogP contribution in [-0.2, 0) is 0 Å². The van der Waals surface area contributed by atoms with Gasteiger partial charge in [-0.05, 0) is 55.5 Å². The quantitative estimate of drug-likeness (QED) is 0.605. The van der Waals surface area contributed by atoms with E-state index in [1.807, 2.05) is 0 Å². The van der Waals surface area contributed by atoms with Gasteiger partial charge in [0.15, 0.2) is 0 Å². The molecule has 2 aromatic carbocycles. The Morgan fingerprint density at radius 2 is 1.80 bits per heavy atom. The highest BCUT2D eigenvalue weighted by atomic mass is 19.4. The molecule has 0 bridgehead atoms. The van der Waals surface area contributed by atoms with Crippen LogP contribution in [0.15, 0.2) is 59.4 Å². The van der Waals surface area contributed by atoms with Crippen LogP contribution in [-0.4, -0.2) is 40.2 Å². The number of hydrogen-bond acceptors (Lipinski definition) is 6. The van der Waals surface area contributed by atoms with Crippen molar-refractivity contribution in [1.29, 1.82) is 0 Å². The van der Waals surface area contributed by atoms with Gasteiger partial charge in [-0.25, -0.2) is 4.39 Å². The molecule has 1 heterocycles. The number of ether oxygens (including phenoxy) is 1. The van der Waals surface area contributed by atoms with Gasteiger partial charge in [-0.15, -0.1) is 13.2 Å². The molecule has 1 amide bonds. The molecule has 0 spiro atoms. The second-order valence-corrected chi connectivity index (χ2v) is 5.89. The predicted octanol–water partition coefficient (Wildman–Crippen LogP) is 3.57. The van der Waals surface area contributed by atoms with E-state index >= 15 is 0 Å². The number of nitrogens with one attached hydrogen (secondary N) is 1. The van der Waals surface area contributed by atoms with Crippen molar-refractivity contribution in [2.24, 2.45) is 0 Å². The van der Waals surface area contributed by atoms with Gasteiger partial charge in [0.25, 0.3) is 5.91 Å². The van der Waals surface area contributed by atoms with E-state index in [4.69, 9.17) is 5.11 Å². The fourth-order valence-corrected chi connectivity index (χ4v) is 2.06. The third-order valence-electron chi connectivity index (χ3n) is 3.47. The van der Waals surface area contributed by atoms with Crippen molar-refractivity contribution in [3.63, 3.8) is 0 Å². The number of nitrogens with zero attached hydrogens (tertiary/aromatic N) is 2. The van der Waals surface area contributed by atoms with Crippen molar-refractivity contribution in [2.45, 2.75) is 19.3 Å². The van der Waals surface area contributed by atoms with Gasteiger partial charge in [0, 0.05) is 17.2 Å². The largest absolute Gasteiger partial charge is 0.573 e. The fourth-order valence-electron chi connectivity index (χ4n) is 2.06. The van der Waals surface area contributed by atoms with Gasteiger partial charge < -0.3 is 19.7 Å². The Morgan fingerprint density at radius 1 is 1.17 bits per heavy atom. The SMILES string of the molecule is C[C@H](CO)NC(=O)c1ccc(F)cc1.FC(F)(F)Oc1ccc(-c2ncon2)cc1. The lowest BCUT2D eigenvalue weighted by Gasteiger charge is -2.10. The molecule has 0 saturated heterocycles. The number of aliphatic hydroxyl groups is 1. The molecule has 0 fully saturated rings. The first-order valence-corrected chi connectivity index (χ1v) is 8.48. The average Bonchev–Trinajstić information content (AvgIpc) is 3.23. The predicted molar refractivity (Wildman–Crippen MR) is 96.8 cm³/mol. The first-order valence-electron chi connectivity index (χ1n) is 8.48. The monoisotopic (exact) mass is 427 g/mol. The number of hydrogen-bond donors (Lipinski definition) is 2. The smallest absolute Gasteiger partial charge is 0.406 e. The Morgan fingerprint density at radius 3 is 2.30 bits per heavy atom. The number of alkyl halides is 3. The minimum absolute atomic E-state index is 0.118. The van der Waals surface area contributed by atoms with Crippen LogP contribution < -0.4 is 10.1 Å². The van der Waals surface area contributed by atoms with E-state index in [0.29, 0.717) is 17.0 Å². The Bertz CT molecular complexity index is 914. The molecule has 0 radical (unpaired) electrons. The van der Waals surface area contributed by atoms with Crippen molar-refractivity contribution in [1.82, 2.24) is 15.5 Å². The number of benzene rings is 2. The molecule has 3 aromatic rings. The molecular formula is C19H17F4N3O4. The van der Waals surface area contributed by atoms with Gasteiger partial charge in [-0.3, -0.25) is 4.79 Å². The molecule has 0 saturated carbocycles. The lowest BCUT2D eigenvalue weighted by Crippen LogP contribution is -2.34. The number of amides is 1. The Labute approximate surface area is 168 Å². The summed E-state index contributed by atoms with van der Waals surface area (Å²) in [4.78, 5) is 15.1. The van der Waals surface area contributed by atoms with Crippen LogP contribution in [0.3, 0.4) is 0 Å². The number of aromatic nitrogens is 2. The summed E-state index contributed by atoms with van der Waals surface area (Å²) < 4.78 is 56.3. The lowest BCUT2D eigenvalue weighted by atomic mass is 10.2. The van der Waals surface area contributed by atoms with Gasteiger partial charge >= 0.3 is 6.36 Å². The number of halogens is 4. The topological polar surface area (TPSA) is 97.5 Å². The van der Waals surface area contributed by atoms with Crippen LogP contribution in [0.2, 0.25) is 0 Å². The highest BCUT2D eigenvalue weighted by molar-refractivity contribution is 5.94. The van der Waals surface area contributed by atoms with E-state index < -0.39 is 6.36 Å². The maximum atomic E-state index is 12.5. The summed E-state index contributed by atoms with van der Waals surface area (Å²) in [7, 11) is 0. The van der Waals surface area contributed by atoms with E-state index in [2.05, 4.69) is 24.7 Å². The normalized spacial score (nSPS) is 11.8. The third-order valence-corrected chi connectivity index (χ3v) is 3.47. The Balaban J connectivity index is 0.000000216. The zero-order valence-electron chi connectivity index (χ0n) is 15.6. The Hall–Kier alpha value is -3.47. The van der Waals surface area contributed by atoms with Crippen LogP contribution in [0.25, 0.3) is 11.4 Å². The molecule has 11 heteroatoms. The third kappa shape index (κ3) is 7.51. The van der Waals surface area contributed by atoms with Crippen molar-refractivity contribution in [2.75, 3.05) is 6.61 Å². The summed E-state index contributed by atoms with van der Waals surface area (Å²) in [5.74, 6) is -0.679. The zero-order valence-corrected chi connectivity index (χ0v) is 15.6. The van der Waals surface area contributed by atoms with Gasteiger partial charge in [-0.1, -0.05) is 5.16 Å². The maximum absolute atomic E-state index is 12.5. The van der Waals surface area contributed by atoms with Gasteiger partial charge in [0.1, 0.15) is 11.6 Å². The zero-order chi connectivity index (χ0) is 22.1.